The van der Waals surface area contributed by atoms with Gasteiger partial charge in [-0.05, 0) is 19.4 Å². The van der Waals surface area contributed by atoms with Crippen LogP contribution >= 0.6 is 0 Å². The van der Waals surface area contributed by atoms with Crippen molar-refractivity contribution in [1.82, 2.24) is 15.2 Å². The number of rotatable bonds is 8. The number of carbonyl (C=O) groups is 1. The van der Waals surface area contributed by atoms with Gasteiger partial charge in [-0.1, -0.05) is 0 Å². The van der Waals surface area contributed by atoms with Crippen molar-refractivity contribution in [1.29, 1.82) is 0 Å². The minimum Gasteiger partial charge on any atom is -0.489 e. The van der Waals surface area contributed by atoms with Crippen LogP contribution in [0.2, 0.25) is 0 Å². The fourth-order valence-corrected chi connectivity index (χ4v) is 2.47. The number of pyridine rings is 1. The molecule has 1 fully saturated rings. The van der Waals surface area contributed by atoms with E-state index < -0.39 is 0 Å². The van der Waals surface area contributed by atoms with Gasteiger partial charge in [-0.25, -0.2) is 0 Å². The molecule has 1 aromatic rings. The van der Waals surface area contributed by atoms with Gasteiger partial charge in [-0.15, -0.1) is 0 Å². The summed E-state index contributed by atoms with van der Waals surface area (Å²) in [6.07, 6.45) is 2.95. The maximum Gasteiger partial charge on any atom is 0.217 e. The topological polar surface area (TPSA) is 63.7 Å². The van der Waals surface area contributed by atoms with Gasteiger partial charge in [-0.3, -0.25) is 14.7 Å². The molecule has 1 aromatic heterocycles. The number of nitrogens with one attached hydrogen (secondary N) is 1. The second kappa shape index (κ2) is 8.70. The number of amides is 1. The van der Waals surface area contributed by atoms with Crippen molar-refractivity contribution in [2.45, 2.75) is 32.9 Å². The first-order valence-corrected chi connectivity index (χ1v) is 7.83. The van der Waals surface area contributed by atoms with Gasteiger partial charge in [0.05, 0.1) is 18.8 Å². The second-order valence-electron chi connectivity index (χ2n) is 5.42. The number of nitrogens with zero attached hydrogens (tertiary/aromatic N) is 2. The Bertz CT molecular complexity index is 481. The molecule has 0 aromatic carbocycles. The van der Waals surface area contributed by atoms with Gasteiger partial charge < -0.3 is 14.8 Å². The van der Waals surface area contributed by atoms with Crippen molar-refractivity contribution >= 4 is 5.91 Å². The zero-order valence-corrected chi connectivity index (χ0v) is 13.4. The molecule has 22 heavy (non-hydrogen) atoms. The molecular weight excluding hydrogens is 282 g/mol. The lowest BCUT2D eigenvalue weighted by Gasteiger charge is -2.17. The van der Waals surface area contributed by atoms with Crippen molar-refractivity contribution in [2.75, 3.05) is 32.8 Å². The number of hydrogen-bond acceptors (Lipinski definition) is 5. The number of ether oxygens (including phenoxy) is 2. The normalized spacial score (nSPS) is 18.4. The first kappa shape index (κ1) is 16.7. The van der Waals surface area contributed by atoms with Crippen molar-refractivity contribution < 1.29 is 14.3 Å². The monoisotopic (exact) mass is 307 g/mol. The molecule has 1 saturated heterocycles. The van der Waals surface area contributed by atoms with E-state index in [0.29, 0.717) is 6.54 Å². The molecule has 0 saturated carbocycles. The summed E-state index contributed by atoms with van der Waals surface area (Å²) in [5.41, 5.74) is 0.805. The van der Waals surface area contributed by atoms with Crippen LogP contribution in [0.4, 0.5) is 0 Å². The fraction of sp³-hybridized carbons (Fsp3) is 0.625. The predicted molar refractivity (Wildman–Crippen MR) is 83.7 cm³/mol. The van der Waals surface area contributed by atoms with Crippen LogP contribution < -0.4 is 10.1 Å². The molecular formula is C16H25N3O3. The largest absolute Gasteiger partial charge is 0.489 e. The van der Waals surface area contributed by atoms with Gasteiger partial charge in [0.1, 0.15) is 11.9 Å². The van der Waals surface area contributed by atoms with E-state index in [-0.39, 0.29) is 12.0 Å². The lowest BCUT2D eigenvalue weighted by atomic mass is 10.3. The Hall–Kier alpha value is -1.66. The van der Waals surface area contributed by atoms with E-state index in [1.54, 1.807) is 6.20 Å². The average molecular weight is 307 g/mol. The van der Waals surface area contributed by atoms with Crippen molar-refractivity contribution in [2.24, 2.45) is 0 Å². The lowest BCUT2D eigenvalue weighted by Crippen LogP contribution is -2.28. The van der Waals surface area contributed by atoms with Crippen LogP contribution in [0.15, 0.2) is 18.3 Å². The molecule has 1 N–H and O–H groups in total. The van der Waals surface area contributed by atoms with Gasteiger partial charge >= 0.3 is 0 Å². The Labute approximate surface area is 131 Å². The van der Waals surface area contributed by atoms with Crippen LogP contribution in [0.5, 0.6) is 5.75 Å². The van der Waals surface area contributed by atoms with E-state index in [1.807, 2.05) is 19.1 Å². The van der Waals surface area contributed by atoms with E-state index in [0.717, 1.165) is 50.7 Å². The van der Waals surface area contributed by atoms with Gasteiger partial charge in [0.15, 0.2) is 0 Å². The molecule has 1 aliphatic rings. The van der Waals surface area contributed by atoms with Crippen molar-refractivity contribution in [3.63, 3.8) is 0 Å². The summed E-state index contributed by atoms with van der Waals surface area (Å²) in [6.45, 7) is 8.41. The Kier molecular flexibility index (Phi) is 6.61. The zero-order chi connectivity index (χ0) is 15.8. The van der Waals surface area contributed by atoms with Gasteiger partial charge in [0.2, 0.25) is 5.91 Å². The van der Waals surface area contributed by atoms with E-state index in [2.05, 4.69) is 15.2 Å². The molecule has 6 nitrogen and oxygen atoms in total. The summed E-state index contributed by atoms with van der Waals surface area (Å²) in [5, 5.41) is 2.74. The standard InChI is InChI=1S/C16H25N3O3/c1-3-21-9-8-19-7-5-16(12-19)22-15-4-6-17-14(10-15)11-18-13(2)20/h4,6,10,16H,3,5,7-9,11-12H2,1-2H3,(H,18,20). The van der Waals surface area contributed by atoms with Crippen LogP contribution in [0.25, 0.3) is 0 Å². The number of carbonyl (C=O) groups excluding carboxylic acids is 1. The second-order valence-corrected chi connectivity index (χ2v) is 5.42. The van der Waals surface area contributed by atoms with Crippen LogP contribution in [0, 0.1) is 0 Å². The molecule has 2 heterocycles. The summed E-state index contributed by atoms with van der Waals surface area (Å²) >= 11 is 0. The van der Waals surface area contributed by atoms with Gasteiger partial charge in [-0.2, -0.15) is 0 Å². The molecule has 0 spiro atoms. The molecule has 1 unspecified atom stereocenters. The Morgan fingerprint density at radius 1 is 1.55 bits per heavy atom. The van der Waals surface area contributed by atoms with Crippen LogP contribution in [-0.4, -0.2) is 54.7 Å². The summed E-state index contributed by atoms with van der Waals surface area (Å²) in [5.74, 6) is 0.751. The highest BCUT2D eigenvalue weighted by atomic mass is 16.5. The third-order valence-corrected chi connectivity index (χ3v) is 3.59. The third-order valence-electron chi connectivity index (χ3n) is 3.59. The molecule has 1 amide bonds. The molecule has 0 radical (unpaired) electrons. The minimum absolute atomic E-state index is 0.0612. The van der Waals surface area contributed by atoms with E-state index >= 15 is 0 Å². The quantitative estimate of drug-likeness (QED) is 0.731. The van der Waals surface area contributed by atoms with Gasteiger partial charge in [0.25, 0.3) is 0 Å². The van der Waals surface area contributed by atoms with Crippen LogP contribution in [-0.2, 0) is 16.1 Å². The molecule has 0 bridgehead atoms. The van der Waals surface area contributed by atoms with Gasteiger partial charge in [0, 0.05) is 45.4 Å². The Balaban J connectivity index is 1.79. The van der Waals surface area contributed by atoms with E-state index in [9.17, 15) is 4.79 Å². The molecule has 1 atom stereocenters. The van der Waals surface area contributed by atoms with Crippen molar-refractivity contribution in [3.05, 3.63) is 24.0 Å². The molecule has 0 aliphatic carbocycles. The smallest absolute Gasteiger partial charge is 0.217 e. The highest BCUT2D eigenvalue weighted by molar-refractivity contribution is 5.72. The summed E-state index contributed by atoms with van der Waals surface area (Å²) < 4.78 is 11.4. The maximum absolute atomic E-state index is 10.9. The highest BCUT2D eigenvalue weighted by Gasteiger charge is 2.23. The van der Waals surface area contributed by atoms with Crippen molar-refractivity contribution in [3.8, 4) is 5.75 Å². The Morgan fingerprint density at radius 3 is 3.18 bits per heavy atom. The first-order valence-electron chi connectivity index (χ1n) is 7.83. The lowest BCUT2D eigenvalue weighted by molar-refractivity contribution is -0.119. The number of hydrogen-bond donors (Lipinski definition) is 1. The summed E-state index contributed by atoms with van der Waals surface area (Å²) in [4.78, 5) is 17.5. The van der Waals surface area contributed by atoms with E-state index in [1.165, 1.54) is 6.92 Å². The average Bonchev–Trinajstić information content (AvgIpc) is 2.93. The van der Waals surface area contributed by atoms with Crippen LogP contribution in [0.1, 0.15) is 26.0 Å². The Morgan fingerprint density at radius 2 is 2.41 bits per heavy atom. The number of aromatic nitrogens is 1. The predicted octanol–water partition coefficient (Wildman–Crippen LogP) is 1.21. The minimum atomic E-state index is -0.0612. The van der Waals surface area contributed by atoms with E-state index in [4.69, 9.17) is 9.47 Å². The summed E-state index contributed by atoms with van der Waals surface area (Å²) in [6, 6.07) is 3.75. The number of likely N-dealkylation sites (tertiary alicyclic amines) is 1. The first-order chi connectivity index (χ1) is 10.7. The maximum atomic E-state index is 10.9. The molecule has 1 aliphatic heterocycles. The SMILES string of the molecule is CCOCCN1CCC(Oc2ccnc(CNC(C)=O)c2)C1. The highest BCUT2D eigenvalue weighted by Crippen LogP contribution is 2.18. The zero-order valence-electron chi connectivity index (χ0n) is 13.4. The summed E-state index contributed by atoms with van der Waals surface area (Å²) in [7, 11) is 0. The fourth-order valence-electron chi connectivity index (χ4n) is 2.47. The van der Waals surface area contributed by atoms with Crippen LogP contribution in [0.3, 0.4) is 0 Å². The third kappa shape index (κ3) is 5.61. The molecule has 2 rings (SSSR count). The molecule has 122 valence electrons. The molecule has 6 heteroatoms.